The van der Waals surface area contributed by atoms with E-state index >= 15 is 0 Å². The molecule has 2 N–H and O–H groups in total. The first-order valence-corrected chi connectivity index (χ1v) is 8.33. The summed E-state index contributed by atoms with van der Waals surface area (Å²) >= 11 is 0. The van der Waals surface area contributed by atoms with Crippen molar-refractivity contribution in [1.29, 1.82) is 0 Å². The Balaban J connectivity index is 2.46. The maximum atomic E-state index is 12.0. The summed E-state index contributed by atoms with van der Waals surface area (Å²) in [5, 5.41) is 3.12. The highest BCUT2D eigenvalue weighted by molar-refractivity contribution is 7.89. The molecule has 7 heteroatoms. The molecule has 20 heavy (non-hydrogen) atoms. The Bertz CT molecular complexity index is 482. The van der Waals surface area contributed by atoms with Gasteiger partial charge in [0.1, 0.15) is 5.76 Å². The Morgan fingerprint density at radius 2 is 2.10 bits per heavy atom. The lowest BCUT2D eigenvalue weighted by Crippen LogP contribution is -2.25. The highest BCUT2D eigenvalue weighted by Crippen LogP contribution is 2.13. The van der Waals surface area contributed by atoms with Gasteiger partial charge in [-0.1, -0.05) is 13.8 Å². The van der Waals surface area contributed by atoms with Crippen LogP contribution in [0.15, 0.2) is 21.6 Å². The van der Waals surface area contributed by atoms with E-state index in [2.05, 4.69) is 10.0 Å². The fourth-order valence-electron chi connectivity index (χ4n) is 1.50. The molecule has 0 unspecified atom stereocenters. The third kappa shape index (κ3) is 6.04. The lowest BCUT2D eigenvalue weighted by Gasteiger charge is -2.06. The predicted molar refractivity (Wildman–Crippen MR) is 77.0 cm³/mol. The van der Waals surface area contributed by atoms with E-state index in [1.807, 2.05) is 20.8 Å². The zero-order valence-corrected chi connectivity index (χ0v) is 13.1. The number of furan rings is 1. The summed E-state index contributed by atoms with van der Waals surface area (Å²) in [5.74, 6) is 0.605. The molecule has 0 amide bonds. The van der Waals surface area contributed by atoms with Crippen LogP contribution in [0.4, 0.5) is 0 Å². The van der Waals surface area contributed by atoms with Crippen LogP contribution in [0.25, 0.3) is 0 Å². The minimum atomic E-state index is -3.57. The van der Waals surface area contributed by atoms with Gasteiger partial charge in [0.25, 0.3) is 10.0 Å². The fraction of sp³-hybridized carbons (Fsp3) is 0.692. The minimum Gasteiger partial charge on any atom is -0.447 e. The second kappa shape index (κ2) is 8.41. The van der Waals surface area contributed by atoms with Crippen molar-refractivity contribution in [2.24, 2.45) is 0 Å². The van der Waals surface area contributed by atoms with E-state index in [1.165, 1.54) is 6.07 Å². The lowest BCUT2D eigenvalue weighted by atomic mass is 10.3. The molecule has 1 aromatic rings. The SMILES string of the molecule is CCOCCCNS(=O)(=O)c1ccc(CNC(C)C)o1. The molecule has 116 valence electrons. The highest BCUT2D eigenvalue weighted by atomic mass is 32.2. The van der Waals surface area contributed by atoms with Crippen molar-refractivity contribution >= 4 is 10.0 Å². The maximum absolute atomic E-state index is 12.0. The van der Waals surface area contributed by atoms with Crippen LogP contribution < -0.4 is 10.0 Å². The first kappa shape index (κ1) is 17.2. The van der Waals surface area contributed by atoms with Gasteiger partial charge in [0.05, 0.1) is 6.54 Å². The molecule has 0 spiro atoms. The molecule has 1 heterocycles. The number of nitrogens with one attached hydrogen (secondary N) is 2. The Kier molecular flexibility index (Phi) is 7.22. The van der Waals surface area contributed by atoms with Crippen molar-refractivity contribution in [2.75, 3.05) is 19.8 Å². The van der Waals surface area contributed by atoms with Gasteiger partial charge in [0, 0.05) is 25.8 Å². The third-order valence-electron chi connectivity index (χ3n) is 2.55. The molecular weight excluding hydrogens is 280 g/mol. The number of sulfonamides is 1. The summed E-state index contributed by atoms with van der Waals surface area (Å²) in [6.45, 7) is 7.96. The van der Waals surface area contributed by atoms with E-state index in [0.29, 0.717) is 44.5 Å². The standard InChI is InChI=1S/C13H24N2O4S/c1-4-18-9-5-8-15-20(16,17)13-7-6-12(19-13)10-14-11(2)3/h6-7,11,14-15H,4-5,8-10H2,1-3H3. The second-order valence-corrected chi connectivity index (χ2v) is 6.40. The molecule has 0 saturated heterocycles. The number of rotatable bonds is 10. The fourth-order valence-corrected chi connectivity index (χ4v) is 2.52. The minimum absolute atomic E-state index is 0.0468. The zero-order chi connectivity index (χ0) is 15.0. The Morgan fingerprint density at radius 1 is 1.35 bits per heavy atom. The molecule has 0 radical (unpaired) electrons. The number of hydrogen-bond acceptors (Lipinski definition) is 5. The van der Waals surface area contributed by atoms with E-state index in [9.17, 15) is 8.42 Å². The van der Waals surface area contributed by atoms with Crippen molar-refractivity contribution in [2.45, 2.75) is 44.9 Å². The molecule has 0 atom stereocenters. The van der Waals surface area contributed by atoms with E-state index in [0.717, 1.165) is 0 Å². The van der Waals surface area contributed by atoms with Gasteiger partial charge in [0.15, 0.2) is 0 Å². The summed E-state index contributed by atoms with van der Waals surface area (Å²) < 4.78 is 36.9. The van der Waals surface area contributed by atoms with Crippen LogP contribution in [0.2, 0.25) is 0 Å². The molecule has 0 saturated carbocycles. The normalized spacial score (nSPS) is 12.2. The van der Waals surface area contributed by atoms with Crippen molar-refractivity contribution in [3.05, 3.63) is 17.9 Å². The Labute approximate surface area is 120 Å². The monoisotopic (exact) mass is 304 g/mol. The second-order valence-electron chi connectivity index (χ2n) is 4.70. The van der Waals surface area contributed by atoms with Crippen LogP contribution in [0.3, 0.4) is 0 Å². The summed E-state index contributed by atoms with van der Waals surface area (Å²) in [6.07, 6.45) is 0.634. The third-order valence-corrected chi connectivity index (χ3v) is 3.88. The van der Waals surface area contributed by atoms with Gasteiger partial charge in [-0.3, -0.25) is 0 Å². The summed E-state index contributed by atoms with van der Waals surface area (Å²) in [5.41, 5.74) is 0. The van der Waals surface area contributed by atoms with Crippen molar-refractivity contribution < 1.29 is 17.6 Å². The summed E-state index contributed by atoms with van der Waals surface area (Å²) in [7, 11) is -3.57. The molecule has 0 aromatic carbocycles. The maximum Gasteiger partial charge on any atom is 0.273 e. The molecular formula is C13H24N2O4S. The van der Waals surface area contributed by atoms with E-state index in [1.54, 1.807) is 6.07 Å². The van der Waals surface area contributed by atoms with Gasteiger partial charge in [-0.05, 0) is 25.5 Å². The average molecular weight is 304 g/mol. The van der Waals surface area contributed by atoms with E-state index in [-0.39, 0.29) is 5.09 Å². The Morgan fingerprint density at radius 3 is 2.75 bits per heavy atom. The van der Waals surface area contributed by atoms with Crippen LogP contribution in [0.5, 0.6) is 0 Å². The van der Waals surface area contributed by atoms with Gasteiger partial charge in [-0.2, -0.15) is 0 Å². The Hall–Kier alpha value is -0.890. The molecule has 0 aliphatic carbocycles. The largest absolute Gasteiger partial charge is 0.447 e. The molecule has 1 aromatic heterocycles. The molecule has 0 fully saturated rings. The highest BCUT2D eigenvalue weighted by Gasteiger charge is 2.18. The molecule has 6 nitrogen and oxygen atoms in total. The van der Waals surface area contributed by atoms with Crippen LogP contribution in [-0.4, -0.2) is 34.2 Å². The van der Waals surface area contributed by atoms with Gasteiger partial charge in [0.2, 0.25) is 5.09 Å². The quantitative estimate of drug-likeness (QED) is 0.640. The van der Waals surface area contributed by atoms with Crippen LogP contribution in [-0.2, 0) is 21.3 Å². The smallest absolute Gasteiger partial charge is 0.273 e. The summed E-state index contributed by atoms with van der Waals surface area (Å²) in [4.78, 5) is 0. The van der Waals surface area contributed by atoms with Crippen LogP contribution in [0, 0.1) is 0 Å². The molecule has 0 aliphatic heterocycles. The first-order chi connectivity index (χ1) is 9.45. The van der Waals surface area contributed by atoms with Crippen molar-refractivity contribution in [3.63, 3.8) is 0 Å². The summed E-state index contributed by atoms with van der Waals surface area (Å²) in [6, 6.07) is 3.46. The van der Waals surface area contributed by atoms with E-state index in [4.69, 9.17) is 9.15 Å². The molecule has 1 rings (SSSR count). The average Bonchev–Trinajstić information content (AvgIpc) is 2.85. The topological polar surface area (TPSA) is 80.6 Å². The molecule has 0 aliphatic rings. The lowest BCUT2D eigenvalue weighted by molar-refractivity contribution is 0.146. The van der Waals surface area contributed by atoms with Crippen molar-refractivity contribution in [1.82, 2.24) is 10.0 Å². The molecule has 0 bridgehead atoms. The van der Waals surface area contributed by atoms with Crippen LogP contribution in [0.1, 0.15) is 33.0 Å². The van der Waals surface area contributed by atoms with Gasteiger partial charge in [-0.15, -0.1) is 0 Å². The van der Waals surface area contributed by atoms with Gasteiger partial charge >= 0.3 is 0 Å². The van der Waals surface area contributed by atoms with Gasteiger partial charge in [-0.25, -0.2) is 13.1 Å². The van der Waals surface area contributed by atoms with Gasteiger partial charge < -0.3 is 14.5 Å². The predicted octanol–water partition coefficient (Wildman–Crippen LogP) is 1.48. The van der Waals surface area contributed by atoms with Crippen molar-refractivity contribution in [3.8, 4) is 0 Å². The number of ether oxygens (including phenoxy) is 1. The zero-order valence-electron chi connectivity index (χ0n) is 12.3. The van der Waals surface area contributed by atoms with E-state index < -0.39 is 10.0 Å². The van der Waals surface area contributed by atoms with Crippen LogP contribution >= 0.6 is 0 Å². The number of hydrogen-bond donors (Lipinski definition) is 2. The first-order valence-electron chi connectivity index (χ1n) is 6.85.